The number of hydrogen-bond acceptors (Lipinski definition) is 2. The van der Waals surface area contributed by atoms with Crippen LogP contribution in [0.4, 0.5) is 17.1 Å². The number of ketones is 1. The minimum absolute atomic E-state index is 0.0454. The van der Waals surface area contributed by atoms with E-state index in [0.717, 1.165) is 40.8 Å². The number of quaternary nitrogens is 1. The summed E-state index contributed by atoms with van der Waals surface area (Å²) in [6.45, 7) is 9.46. The molecule has 5 heteroatoms. The first-order valence-electron chi connectivity index (χ1n) is 16.1. The lowest BCUT2D eigenvalue weighted by molar-refractivity contribution is -0.137. The molecule has 0 unspecified atom stereocenters. The number of benzene rings is 4. The number of rotatable bonds is 13. The van der Waals surface area contributed by atoms with Crippen molar-refractivity contribution >= 4 is 39.7 Å². The predicted molar refractivity (Wildman–Crippen MR) is 186 cm³/mol. The molecule has 1 heterocycles. The molecule has 0 aliphatic heterocycles. The van der Waals surface area contributed by atoms with E-state index in [4.69, 9.17) is 0 Å². The first-order valence-corrected chi connectivity index (χ1v) is 16.1. The van der Waals surface area contributed by atoms with Gasteiger partial charge in [-0.15, -0.1) is 0 Å². The van der Waals surface area contributed by atoms with Crippen LogP contribution < -0.4 is 4.48 Å². The summed E-state index contributed by atoms with van der Waals surface area (Å²) < 4.78 is 2.35. The third kappa shape index (κ3) is 6.94. The Morgan fingerprint density at radius 3 is 1.80 bits per heavy atom. The topological polar surface area (TPSA) is 59.3 Å². The lowest BCUT2D eigenvalue weighted by Crippen LogP contribution is -2.35. The number of aromatic nitrogens is 1. The Balaban J connectivity index is 1.64. The Morgan fingerprint density at radius 2 is 1.24 bits per heavy atom. The summed E-state index contributed by atoms with van der Waals surface area (Å²) in [5.41, 5.74) is 7.86. The number of carbonyl (C=O) groups excluding carboxylic acids is 1. The van der Waals surface area contributed by atoms with Gasteiger partial charge >= 0.3 is 5.97 Å². The molecule has 0 aliphatic rings. The van der Waals surface area contributed by atoms with E-state index in [9.17, 15) is 14.7 Å². The molecule has 0 saturated carbocycles. The number of aliphatic carboxylic acids is 1. The number of aryl methyl sites for hydroxylation is 1. The van der Waals surface area contributed by atoms with Crippen LogP contribution in [0.25, 0.3) is 10.9 Å². The van der Waals surface area contributed by atoms with Gasteiger partial charge in [0, 0.05) is 66.0 Å². The van der Waals surface area contributed by atoms with Gasteiger partial charge in [-0.3, -0.25) is 9.59 Å². The van der Waals surface area contributed by atoms with Gasteiger partial charge < -0.3 is 9.67 Å². The van der Waals surface area contributed by atoms with Crippen molar-refractivity contribution in [2.75, 3.05) is 7.05 Å². The Labute approximate surface area is 267 Å². The molecular weight excluding hydrogens is 556 g/mol. The van der Waals surface area contributed by atoms with E-state index in [1.165, 1.54) is 11.1 Å². The largest absolute Gasteiger partial charge is 0.481 e. The molecule has 0 spiro atoms. The van der Waals surface area contributed by atoms with Crippen molar-refractivity contribution < 1.29 is 14.7 Å². The molecule has 0 amide bonds. The molecule has 5 aromatic rings. The molecule has 0 aliphatic carbocycles. The summed E-state index contributed by atoms with van der Waals surface area (Å²) in [6.07, 6.45) is 4.50. The third-order valence-electron chi connectivity index (χ3n) is 8.65. The molecule has 0 bridgehead atoms. The van der Waals surface area contributed by atoms with Gasteiger partial charge in [0.1, 0.15) is 11.4 Å². The highest BCUT2D eigenvalue weighted by molar-refractivity contribution is 6.19. The number of carbonyl (C=O) groups is 2. The standard InChI is InChI=1S/C40H44N2O3/c1-28(2)25-30-16-20-32(21-17-30)42(5,33-22-18-31(19-23-33)26-29(3)4)38-14-9-7-12-35(38)40(45)36-27-41(24-10-15-39(43)44)37-13-8-6-11-34(36)37/h6-9,11-14,16-23,27-29H,10,15,24-26H2,1-5H3/p+1. The molecule has 1 aromatic heterocycles. The molecule has 0 fully saturated rings. The molecule has 5 nitrogen and oxygen atoms in total. The van der Waals surface area contributed by atoms with Crippen LogP contribution in [0.3, 0.4) is 0 Å². The van der Waals surface area contributed by atoms with Crippen LogP contribution in [-0.4, -0.2) is 28.5 Å². The average Bonchev–Trinajstić information content (AvgIpc) is 3.39. The molecule has 0 saturated heterocycles. The fourth-order valence-corrected chi connectivity index (χ4v) is 6.44. The van der Waals surface area contributed by atoms with Crippen LogP contribution in [0.15, 0.2) is 103 Å². The van der Waals surface area contributed by atoms with Crippen molar-refractivity contribution in [3.8, 4) is 0 Å². The first kappa shape index (κ1) is 31.9. The Bertz CT molecular complexity index is 1730. The first-order chi connectivity index (χ1) is 21.6. The quantitative estimate of drug-likeness (QED) is 0.108. The van der Waals surface area contributed by atoms with E-state index >= 15 is 0 Å². The van der Waals surface area contributed by atoms with E-state index < -0.39 is 5.97 Å². The summed E-state index contributed by atoms with van der Waals surface area (Å²) in [6, 6.07) is 33.5. The summed E-state index contributed by atoms with van der Waals surface area (Å²) in [5.74, 6) is 0.267. The SMILES string of the molecule is CC(C)Cc1ccc([N+](C)(c2ccc(CC(C)C)cc2)c2ccccc2C(=O)c2cn(CCCC(=O)O)c3ccccc23)cc1. The summed E-state index contributed by atoms with van der Waals surface area (Å²) >= 11 is 0. The van der Waals surface area contributed by atoms with Gasteiger partial charge in [-0.2, -0.15) is 0 Å². The molecule has 0 atom stereocenters. The highest BCUT2D eigenvalue weighted by atomic mass is 16.4. The van der Waals surface area contributed by atoms with E-state index in [1.807, 2.05) is 53.2 Å². The van der Waals surface area contributed by atoms with Crippen molar-refractivity contribution in [3.05, 3.63) is 126 Å². The highest BCUT2D eigenvalue weighted by Gasteiger charge is 2.36. The second kappa shape index (κ2) is 13.7. The maximum atomic E-state index is 14.6. The normalized spacial score (nSPS) is 11.9. The van der Waals surface area contributed by atoms with Gasteiger partial charge in [-0.1, -0.05) is 82.3 Å². The Kier molecular flexibility index (Phi) is 9.69. The van der Waals surface area contributed by atoms with Crippen LogP contribution in [0, 0.1) is 11.8 Å². The van der Waals surface area contributed by atoms with Gasteiger partial charge in [-0.05, 0) is 54.4 Å². The number of carboxylic acid groups (broad SMARTS) is 1. The van der Waals surface area contributed by atoms with Crippen molar-refractivity contribution in [1.82, 2.24) is 9.05 Å². The zero-order valence-corrected chi connectivity index (χ0v) is 27.2. The second-order valence-electron chi connectivity index (χ2n) is 13.1. The minimum Gasteiger partial charge on any atom is -0.481 e. The highest BCUT2D eigenvalue weighted by Crippen LogP contribution is 2.44. The third-order valence-corrected chi connectivity index (χ3v) is 8.65. The number of nitrogens with zero attached hydrogens (tertiary/aromatic N) is 2. The maximum Gasteiger partial charge on any atom is 0.303 e. The van der Waals surface area contributed by atoms with Crippen LogP contribution in [0.2, 0.25) is 0 Å². The van der Waals surface area contributed by atoms with Gasteiger partial charge in [-0.25, -0.2) is 4.48 Å². The molecular formula is C40H45N2O3+. The molecule has 232 valence electrons. The van der Waals surface area contributed by atoms with E-state index in [1.54, 1.807) is 0 Å². The van der Waals surface area contributed by atoms with E-state index in [-0.39, 0.29) is 12.2 Å². The van der Waals surface area contributed by atoms with Crippen molar-refractivity contribution in [2.45, 2.75) is 59.9 Å². The van der Waals surface area contributed by atoms with E-state index in [2.05, 4.69) is 89.3 Å². The van der Waals surface area contributed by atoms with Crippen molar-refractivity contribution in [1.29, 1.82) is 0 Å². The zero-order valence-electron chi connectivity index (χ0n) is 27.2. The average molecular weight is 602 g/mol. The predicted octanol–water partition coefficient (Wildman–Crippen LogP) is 9.73. The fourth-order valence-electron chi connectivity index (χ4n) is 6.44. The number of carboxylic acids is 1. The van der Waals surface area contributed by atoms with E-state index in [0.29, 0.717) is 40.4 Å². The maximum absolute atomic E-state index is 14.6. The van der Waals surface area contributed by atoms with Crippen LogP contribution in [0.1, 0.15) is 67.6 Å². The fraction of sp³-hybridized carbons (Fsp3) is 0.300. The van der Waals surface area contributed by atoms with Gasteiger partial charge in [0.05, 0.1) is 12.6 Å². The molecule has 0 radical (unpaired) electrons. The van der Waals surface area contributed by atoms with Crippen LogP contribution >= 0.6 is 0 Å². The molecule has 5 rings (SSSR count). The molecule has 1 N–H and O–H groups in total. The van der Waals surface area contributed by atoms with Crippen molar-refractivity contribution in [3.63, 3.8) is 0 Å². The van der Waals surface area contributed by atoms with Crippen molar-refractivity contribution in [2.24, 2.45) is 11.8 Å². The summed E-state index contributed by atoms with van der Waals surface area (Å²) in [5, 5.41) is 10.1. The monoisotopic (exact) mass is 601 g/mol. The lowest BCUT2D eigenvalue weighted by atomic mass is 9.97. The minimum atomic E-state index is -0.816. The second-order valence-corrected chi connectivity index (χ2v) is 13.1. The van der Waals surface area contributed by atoms with Gasteiger partial charge in [0.25, 0.3) is 0 Å². The number of para-hydroxylation sites is 2. The molecule has 4 aromatic carbocycles. The Morgan fingerprint density at radius 1 is 0.711 bits per heavy atom. The summed E-state index contributed by atoms with van der Waals surface area (Å²) in [7, 11) is 2.18. The zero-order chi connectivity index (χ0) is 32.1. The van der Waals surface area contributed by atoms with Crippen LogP contribution in [-0.2, 0) is 24.2 Å². The number of fused-ring (bicyclic) bond motifs is 1. The van der Waals surface area contributed by atoms with Gasteiger partial charge in [0.2, 0.25) is 5.78 Å². The summed E-state index contributed by atoms with van der Waals surface area (Å²) in [4.78, 5) is 25.8. The number of hydrogen-bond donors (Lipinski definition) is 1. The lowest BCUT2D eigenvalue weighted by Gasteiger charge is -2.34. The smallest absolute Gasteiger partial charge is 0.303 e. The molecule has 45 heavy (non-hydrogen) atoms. The van der Waals surface area contributed by atoms with Crippen LogP contribution in [0.5, 0.6) is 0 Å². The van der Waals surface area contributed by atoms with Gasteiger partial charge in [0.15, 0.2) is 5.69 Å². The Hall–Kier alpha value is -4.48.